The summed E-state index contributed by atoms with van der Waals surface area (Å²) in [5.74, 6) is 0.374. The smallest absolute Gasteiger partial charge is 0.253 e. The van der Waals surface area contributed by atoms with Gasteiger partial charge in [0, 0.05) is 25.2 Å². The molecule has 0 saturated carbocycles. The number of hydrogen-bond donors (Lipinski definition) is 1. The quantitative estimate of drug-likeness (QED) is 0.863. The molecule has 0 fully saturated rings. The molecule has 1 aromatic carbocycles. The third-order valence-corrected chi connectivity index (χ3v) is 4.69. The van der Waals surface area contributed by atoms with E-state index >= 15 is 0 Å². The number of benzene rings is 1. The maximum absolute atomic E-state index is 12.4. The van der Waals surface area contributed by atoms with Gasteiger partial charge in [-0.05, 0) is 25.1 Å². The lowest BCUT2D eigenvalue weighted by atomic mass is 10.2. The zero-order chi connectivity index (χ0) is 17.0. The number of rotatable bonds is 6. The van der Waals surface area contributed by atoms with Crippen molar-refractivity contribution in [3.05, 3.63) is 47.3 Å². The molecule has 0 aliphatic heterocycles. The Morgan fingerprint density at radius 1 is 1.35 bits per heavy atom. The fraction of sp³-hybridized carbons (Fsp3) is 0.333. The van der Waals surface area contributed by atoms with Crippen LogP contribution in [-0.4, -0.2) is 38.0 Å². The molecule has 0 aliphatic rings. The molecule has 0 atom stereocenters. The van der Waals surface area contributed by atoms with Gasteiger partial charge in [0.1, 0.15) is 11.5 Å². The number of nitrogens with zero attached hydrogens (tertiary/aromatic N) is 2. The van der Waals surface area contributed by atoms with Gasteiger partial charge in [0.2, 0.25) is 10.0 Å². The first-order chi connectivity index (χ1) is 10.8. The van der Waals surface area contributed by atoms with Crippen LogP contribution in [0.15, 0.2) is 39.8 Å². The van der Waals surface area contributed by atoms with Crippen molar-refractivity contribution in [1.29, 1.82) is 0 Å². The molecule has 7 nitrogen and oxygen atoms in total. The van der Waals surface area contributed by atoms with Crippen molar-refractivity contribution in [1.82, 2.24) is 14.8 Å². The predicted octanol–water partition coefficient (Wildman–Crippen LogP) is 1.55. The first-order valence-electron chi connectivity index (χ1n) is 7.11. The zero-order valence-corrected chi connectivity index (χ0v) is 14.1. The van der Waals surface area contributed by atoms with Gasteiger partial charge in [-0.3, -0.25) is 4.79 Å². The highest BCUT2D eigenvalue weighted by molar-refractivity contribution is 7.89. The van der Waals surface area contributed by atoms with Gasteiger partial charge in [-0.25, -0.2) is 13.1 Å². The number of amides is 1. The van der Waals surface area contributed by atoms with Crippen LogP contribution >= 0.6 is 0 Å². The molecule has 0 radical (unpaired) electrons. The number of aryl methyl sites for hydroxylation is 1. The molecule has 0 aliphatic carbocycles. The molecule has 0 saturated heterocycles. The monoisotopic (exact) mass is 337 g/mol. The van der Waals surface area contributed by atoms with Gasteiger partial charge in [-0.15, -0.1) is 0 Å². The van der Waals surface area contributed by atoms with E-state index in [2.05, 4.69) is 9.88 Å². The van der Waals surface area contributed by atoms with Crippen molar-refractivity contribution >= 4 is 15.9 Å². The molecule has 2 aromatic rings. The summed E-state index contributed by atoms with van der Waals surface area (Å²) in [6.45, 7) is 4.03. The average molecular weight is 337 g/mol. The van der Waals surface area contributed by atoms with Gasteiger partial charge >= 0.3 is 0 Å². The number of carbonyl (C=O) groups is 1. The Morgan fingerprint density at radius 3 is 2.70 bits per heavy atom. The van der Waals surface area contributed by atoms with Crippen molar-refractivity contribution in [3.8, 4) is 0 Å². The Morgan fingerprint density at radius 2 is 2.09 bits per heavy atom. The number of aromatic nitrogens is 1. The number of sulfonamides is 1. The second kappa shape index (κ2) is 6.93. The van der Waals surface area contributed by atoms with Gasteiger partial charge < -0.3 is 9.42 Å². The highest BCUT2D eigenvalue weighted by Crippen LogP contribution is 2.14. The molecule has 124 valence electrons. The largest absolute Gasteiger partial charge is 0.361 e. The highest BCUT2D eigenvalue weighted by atomic mass is 32.2. The van der Waals surface area contributed by atoms with Crippen molar-refractivity contribution in [3.63, 3.8) is 0 Å². The minimum atomic E-state index is -3.60. The molecule has 23 heavy (non-hydrogen) atoms. The van der Waals surface area contributed by atoms with Crippen molar-refractivity contribution in [2.45, 2.75) is 25.3 Å². The molecule has 0 bridgehead atoms. The summed E-state index contributed by atoms with van der Waals surface area (Å²) in [6.07, 6.45) is 0. The number of carbonyl (C=O) groups excluding carboxylic acids is 1. The van der Waals surface area contributed by atoms with Gasteiger partial charge in [0.25, 0.3) is 5.91 Å². The summed E-state index contributed by atoms with van der Waals surface area (Å²) in [6, 6.07) is 7.69. The van der Waals surface area contributed by atoms with Crippen LogP contribution in [0, 0.1) is 6.92 Å². The van der Waals surface area contributed by atoms with E-state index in [9.17, 15) is 13.2 Å². The predicted molar refractivity (Wildman–Crippen MR) is 84.3 cm³/mol. The summed E-state index contributed by atoms with van der Waals surface area (Å²) in [5.41, 5.74) is 0.932. The third kappa shape index (κ3) is 4.17. The van der Waals surface area contributed by atoms with Crippen LogP contribution in [0.1, 0.15) is 28.7 Å². The number of hydrogen-bond acceptors (Lipinski definition) is 5. The minimum Gasteiger partial charge on any atom is -0.361 e. The Labute approximate surface area is 135 Å². The van der Waals surface area contributed by atoms with E-state index in [0.29, 0.717) is 17.0 Å². The second-order valence-electron chi connectivity index (χ2n) is 5.12. The fourth-order valence-corrected chi connectivity index (χ4v) is 3.18. The van der Waals surface area contributed by atoms with Gasteiger partial charge in [0.15, 0.2) is 0 Å². The molecule has 2 rings (SSSR count). The van der Waals surface area contributed by atoms with Crippen LogP contribution in [0.5, 0.6) is 0 Å². The summed E-state index contributed by atoms with van der Waals surface area (Å²) in [7, 11) is -1.97. The lowest BCUT2D eigenvalue weighted by Crippen LogP contribution is -2.27. The first kappa shape index (κ1) is 17.2. The second-order valence-corrected chi connectivity index (χ2v) is 6.89. The molecular formula is C15H19N3O4S. The zero-order valence-electron chi connectivity index (χ0n) is 13.2. The van der Waals surface area contributed by atoms with E-state index in [4.69, 9.17) is 4.52 Å². The standard InChI is InChI=1S/C15H19N3O4S/c1-4-16-23(20,21)14-7-5-6-12(9-14)15(19)18(3)10-13-8-11(2)22-17-13/h5-9,16H,4,10H2,1-3H3. The Hall–Kier alpha value is -2.19. The fourth-order valence-electron chi connectivity index (χ4n) is 2.10. The minimum absolute atomic E-state index is 0.0656. The lowest BCUT2D eigenvalue weighted by molar-refractivity contribution is 0.0782. The third-order valence-electron chi connectivity index (χ3n) is 3.15. The van der Waals surface area contributed by atoms with Crippen molar-refractivity contribution in [2.75, 3.05) is 13.6 Å². The van der Waals surface area contributed by atoms with E-state index in [1.165, 1.54) is 17.0 Å². The average Bonchev–Trinajstić information content (AvgIpc) is 2.91. The Kier molecular flexibility index (Phi) is 5.17. The van der Waals surface area contributed by atoms with Crippen LogP contribution in [0.25, 0.3) is 0 Å². The van der Waals surface area contributed by atoms with Crippen LogP contribution in [-0.2, 0) is 16.6 Å². The van der Waals surface area contributed by atoms with Gasteiger partial charge in [0.05, 0.1) is 11.4 Å². The Bertz CT molecular complexity index is 799. The van der Waals surface area contributed by atoms with Crippen LogP contribution in [0.2, 0.25) is 0 Å². The molecule has 0 unspecified atom stereocenters. The van der Waals surface area contributed by atoms with E-state index in [1.54, 1.807) is 39.1 Å². The molecule has 0 spiro atoms. The molecule has 1 amide bonds. The maximum atomic E-state index is 12.4. The SMILES string of the molecule is CCNS(=O)(=O)c1cccc(C(=O)N(C)Cc2cc(C)on2)c1. The van der Waals surface area contributed by atoms with Crippen LogP contribution in [0.4, 0.5) is 0 Å². The normalized spacial score (nSPS) is 11.4. The maximum Gasteiger partial charge on any atom is 0.253 e. The summed E-state index contributed by atoms with van der Waals surface area (Å²) < 4.78 is 31.4. The van der Waals surface area contributed by atoms with E-state index in [1.807, 2.05) is 0 Å². The van der Waals surface area contributed by atoms with Gasteiger partial charge in [-0.2, -0.15) is 0 Å². The summed E-state index contributed by atoms with van der Waals surface area (Å²) in [5, 5.41) is 3.84. The summed E-state index contributed by atoms with van der Waals surface area (Å²) >= 11 is 0. The van der Waals surface area contributed by atoms with Crippen LogP contribution < -0.4 is 4.72 Å². The Balaban J connectivity index is 2.19. The first-order valence-corrected chi connectivity index (χ1v) is 8.59. The molecule has 1 N–H and O–H groups in total. The number of nitrogens with one attached hydrogen (secondary N) is 1. The van der Waals surface area contributed by atoms with E-state index < -0.39 is 10.0 Å². The van der Waals surface area contributed by atoms with E-state index in [0.717, 1.165) is 0 Å². The highest BCUT2D eigenvalue weighted by Gasteiger charge is 2.18. The van der Waals surface area contributed by atoms with Crippen LogP contribution in [0.3, 0.4) is 0 Å². The van der Waals surface area contributed by atoms with Gasteiger partial charge in [-0.1, -0.05) is 18.1 Å². The topological polar surface area (TPSA) is 92.5 Å². The molecule has 1 aromatic heterocycles. The molecular weight excluding hydrogens is 318 g/mol. The summed E-state index contributed by atoms with van der Waals surface area (Å²) in [4.78, 5) is 14.0. The van der Waals surface area contributed by atoms with Crippen molar-refractivity contribution in [2.24, 2.45) is 0 Å². The van der Waals surface area contributed by atoms with Crippen molar-refractivity contribution < 1.29 is 17.7 Å². The molecule has 1 heterocycles. The molecule has 8 heteroatoms. The lowest BCUT2D eigenvalue weighted by Gasteiger charge is -2.16. The van der Waals surface area contributed by atoms with E-state index in [-0.39, 0.29) is 23.9 Å².